The fourth-order valence-electron chi connectivity index (χ4n) is 3.59. The van der Waals surface area contributed by atoms with Crippen LogP contribution in [0.3, 0.4) is 0 Å². The summed E-state index contributed by atoms with van der Waals surface area (Å²) in [6, 6.07) is 12.8. The number of hydrogen-bond acceptors (Lipinski definition) is 7. The summed E-state index contributed by atoms with van der Waals surface area (Å²) in [5.41, 5.74) is 5.15. The fourth-order valence-corrected chi connectivity index (χ4v) is 4.41. The Balaban J connectivity index is 1.30. The number of hydrazine groups is 1. The largest absolute Gasteiger partial charge is 0.573 e. The Morgan fingerprint density at radius 2 is 1.88 bits per heavy atom. The van der Waals surface area contributed by atoms with Gasteiger partial charge in [0, 0.05) is 12.2 Å². The molecule has 33 heavy (non-hydrogen) atoms. The molecule has 3 unspecified atom stereocenters. The van der Waals surface area contributed by atoms with Crippen LogP contribution >= 0.6 is 11.8 Å². The maximum atomic E-state index is 12.6. The molecule has 2 aliphatic rings. The van der Waals surface area contributed by atoms with E-state index in [-0.39, 0.29) is 35.4 Å². The van der Waals surface area contributed by atoms with E-state index in [2.05, 4.69) is 26.1 Å². The van der Waals surface area contributed by atoms with Gasteiger partial charge in [-0.25, -0.2) is 5.43 Å². The van der Waals surface area contributed by atoms with E-state index in [9.17, 15) is 22.8 Å². The van der Waals surface area contributed by atoms with Crippen LogP contribution < -0.4 is 31.1 Å². The highest BCUT2D eigenvalue weighted by Gasteiger charge is 2.44. The molecule has 0 aromatic heterocycles. The first-order valence-corrected chi connectivity index (χ1v) is 11.2. The van der Waals surface area contributed by atoms with Gasteiger partial charge in [-0.2, -0.15) is 0 Å². The first kappa shape index (κ1) is 23.2. The molecular formula is C21H22F3N5O3S. The predicted molar refractivity (Wildman–Crippen MR) is 118 cm³/mol. The minimum atomic E-state index is -4.78. The van der Waals surface area contributed by atoms with Gasteiger partial charge in [-0.3, -0.25) is 19.9 Å². The lowest BCUT2D eigenvalue weighted by Crippen LogP contribution is -2.63. The zero-order valence-electron chi connectivity index (χ0n) is 17.5. The molecule has 2 amide bonds. The van der Waals surface area contributed by atoms with Gasteiger partial charge >= 0.3 is 6.36 Å². The molecule has 176 valence electrons. The van der Waals surface area contributed by atoms with E-state index in [1.165, 1.54) is 23.9 Å². The summed E-state index contributed by atoms with van der Waals surface area (Å²) < 4.78 is 40.5. The van der Waals surface area contributed by atoms with E-state index < -0.39 is 11.9 Å². The summed E-state index contributed by atoms with van der Waals surface area (Å²) in [5.74, 6) is -1.11. The lowest BCUT2D eigenvalue weighted by molar-refractivity contribution is -0.274. The first-order valence-electron chi connectivity index (χ1n) is 10.1. The lowest BCUT2D eigenvalue weighted by atomic mass is 10.0. The average molecular weight is 482 g/mol. The van der Waals surface area contributed by atoms with Gasteiger partial charge in [0.1, 0.15) is 17.4 Å². The fraction of sp³-hybridized carbons (Fsp3) is 0.333. The third-order valence-electron chi connectivity index (χ3n) is 5.14. The molecule has 3 atom stereocenters. The molecule has 2 aliphatic heterocycles. The number of alkyl halides is 3. The lowest BCUT2D eigenvalue weighted by Gasteiger charge is -2.37. The highest BCUT2D eigenvalue weighted by atomic mass is 32.2. The second-order valence-corrected chi connectivity index (χ2v) is 8.70. The topological polar surface area (TPSA) is 94.7 Å². The van der Waals surface area contributed by atoms with E-state index in [1.807, 2.05) is 36.2 Å². The Morgan fingerprint density at radius 3 is 2.55 bits per heavy atom. The van der Waals surface area contributed by atoms with Crippen LogP contribution in [0.1, 0.15) is 5.56 Å². The number of carbonyl (C=O) groups is 2. The van der Waals surface area contributed by atoms with Crippen LogP contribution in [-0.4, -0.2) is 42.1 Å². The highest BCUT2D eigenvalue weighted by Crippen LogP contribution is 2.27. The van der Waals surface area contributed by atoms with E-state index in [0.29, 0.717) is 12.2 Å². The van der Waals surface area contributed by atoms with Crippen molar-refractivity contribution >= 4 is 35.0 Å². The van der Waals surface area contributed by atoms with Crippen LogP contribution in [-0.2, 0) is 9.59 Å². The number of benzene rings is 2. The zero-order valence-corrected chi connectivity index (χ0v) is 18.3. The van der Waals surface area contributed by atoms with Crippen LogP contribution in [0.25, 0.3) is 0 Å². The summed E-state index contributed by atoms with van der Waals surface area (Å²) in [6.45, 7) is 2.49. The number of rotatable bonds is 6. The van der Waals surface area contributed by atoms with Crippen LogP contribution in [0.4, 0.5) is 24.5 Å². The van der Waals surface area contributed by atoms with E-state index in [1.54, 1.807) is 0 Å². The van der Waals surface area contributed by atoms with Gasteiger partial charge in [-0.05, 0) is 43.3 Å². The Hall–Kier alpha value is -2.96. The summed E-state index contributed by atoms with van der Waals surface area (Å²) in [4.78, 5) is 24.8. The quantitative estimate of drug-likeness (QED) is 0.504. The number of anilines is 2. The zero-order chi connectivity index (χ0) is 23.6. The third-order valence-corrected chi connectivity index (χ3v) is 6.15. The molecule has 4 rings (SSSR count). The number of carbonyl (C=O) groups excluding carboxylic acids is 2. The molecule has 2 heterocycles. The van der Waals surface area contributed by atoms with Gasteiger partial charge in [0.2, 0.25) is 11.8 Å². The summed E-state index contributed by atoms with van der Waals surface area (Å²) in [7, 11) is 0. The molecule has 12 heteroatoms. The second-order valence-electron chi connectivity index (χ2n) is 7.61. The Bertz CT molecular complexity index is 1000. The van der Waals surface area contributed by atoms with Crippen molar-refractivity contribution in [3.8, 4) is 5.75 Å². The van der Waals surface area contributed by atoms with Gasteiger partial charge in [0.15, 0.2) is 0 Å². The smallest absolute Gasteiger partial charge is 0.406 e. The van der Waals surface area contributed by atoms with Gasteiger partial charge in [-0.1, -0.05) is 17.7 Å². The van der Waals surface area contributed by atoms with Crippen molar-refractivity contribution in [2.75, 3.05) is 22.6 Å². The number of ether oxygens (including phenoxy) is 1. The number of hydrogen-bond donors (Lipinski definition) is 4. The molecule has 2 aromatic carbocycles. The van der Waals surface area contributed by atoms with Crippen LogP contribution in [0.5, 0.6) is 5.75 Å². The van der Waals surface area contributed by atoms with Crippen molar-refractivity contribution < 1.29 is 27.5 Å². The number of nitrogens with zero attached hydrogens (tertiary/aromatic N) is 1. The number of halogens is 3. The first-order chi connectivity index (χ1) is 15.7. The molecule has 2 fully saturated rings. The van der Waals surface area contributed by atoms with Crippen LogP contribution in [0, 0.1) is 12.8 Å². The Labute approximate surface area is 192 Å². The maximum absolute atomic E-state index is 12.6. The standard InChI is InChI=1S/C21H22F3N5O3S/c1-12-2-6-14(7-3-12)29-18-16(10-25-29)19(31)28-20(27-18)33-11-17(30)26-13-4-8-15(9-5-13)32-21(22,23)24/h2-9,16,18,20,25,27H,10-11H2,1H3,(H,26,30)(H,28,31). The number of fused-ring (bicyclic) bond motifs is 1. The number of aryl methyl sites for hydroxylation is 1. The molecule has 0 bridgehead atoms. The minimum absolute atomic E-state index is 0.0219. The molecule has 2 aromatic rings. The van der Waals surface area contributed by atoms with Crippen molar-refractivity contribution in [1.29, 1.82) is 0 Å². The van der Waals surface area contributed by atoms with E-state index in [0.717, 1.165) is 23.4 Å². The van der Waals surface area contributed by atoms with Crippen molar-refractivity contribution in [2.24, 2.45) is 5.92 Å². The van der Waals surface area contributed by atoms with Crippen molar-refractivity contribution in [1.82, 2.24) is 16.1 Å². The Kier molecular flexibility index (Phi) is 6.68. The minimum Gasteiger partial charge on any atom is -0.406 e. The van der Waals surface area contributed by atoms with Gasteiger partial charge in [0.25, 0.3) is 0 Å². The monoisotopic (exact) mass is 481 g/mol. The molecular weight excluding hydrogens is 459 g/mol. The van der Waals surface area contributed by atoms with E-state index in [4.69, 9.17) is 0 Å². The van der Waals surface area contributed by atoms with Crippen LogP contribution in [0.15, 0.2) is 48.5 Å². The van der Waals surface area contributed by atoms with Crippen molar-refractivity contribution in [3.63, 3.8) is 0 Å². The Morgan fingerprint density at radius 1 is 1.18 bits per heavy atom. The summed E-state index contributed by atoms with van der Waals surface area (Å²) in [5, 5.41) is 10.7. The molecule has 0 saturated carbocycles. The molecule has 0 radical (unpaired) electrons. The molecule has 0 spiro atoms. The molecule has 8 nitrogen and oxygen atoms in total. The molecule has 2 saturated heterocycles. The summed E-state index contributed by atoms with van der Waals surface area (Å²) >= 11 is 1.21. The van der Waals surface area contributed by atoms with E-state index >= 15 is 0 Å². The normalized spacial score (nSPS) is 22.5. The maximum Gasteiger partial charge on any atom is 0.573 e. The van der Waals surface area contributed by atoms with Crippen molar-refractivity contribution in [2.45, 2.75) is 24.9 Å². The van der Waals surface area contributed by atoms with Crippen LogP contribution in [0.2, 0.25) is 0 Å². The predicted octanol–water partition coefficient (Wildman–Crippen LogP) is 2.54. The number of thioether (sulfide) groups is 1. The SMILES string of the molecule is Cc1ccc(N2NCC3C(=O)NC(SCC(=O)Nc4ccc(OC(F)(F)F)cc4)NC32)cc1. The number of amides is 2. The summed E-state index contributed by atoms with van der Waals surface area (Å²) in [6.07, 6.45) is -5.05. The third kappa shape index (κ3) is 5.89. The second kappa shape index (κ2) is 9.49. The van der Waals surface area contributed by atoms with Gasteiger partial charge in [0.05, 0.1) is 17.4 Å². The van der Waals surface area contributed by atoms with Gasteiger partial charge < -0.3 is 15.4 Å². The average Bonchev–Trinajstić information content (AvgIpc) is 3.18. The molecule has 4 N–H and O–H groups in total. The van der Waals surface area contributed by atoms with Gasteiger partial charge in [-0.15, -0.1) is 24.9 Å². The highest BCUT2D eigenvalue weighted by molar-refractivity contribution is 8.00. The molecule has 0 aliphatic carbocycles. The van der Waals surface area contributed by atoms with Crippen molar-refractivity contribution in [3.05, 3.63) is 54.1 Å². The number of nitrogens with one attached hydrogen (secondary N) is 4.